The molecule has 1 amide bonds. The first-order chi connectivity index (χ1) is 14.1. The monoisotopic (exact) mass is 397 g/mol. The molecular formula is C23H31N3O3. The zero-order chi connectivity index (χ0) is 19.8. The van der Waals surface area contributed by atoms with Crippen molar-refractivity contribution in [2.75, 3.05) is 26.2 Å². The van der Waals surface area contributed by atoms with Crippen molar-refractivity contribution in [3.05, 3.63) is 35.4 Å². The lowest BCUT2D eigenvalue weighted by Crippen LogP contribution is -2.56. The summed E-state index contributed by atoms with van der Waals surface area (Å²) >= 11 is 0. The lowest BCUT2D eigenvalue weighted by Gasteiger charge is -2.39. The Kier molecular flexibility index (Phi) is 5.08. The number of fused-ring (bicyclic) bond motifs is 2. The molecule has 2 heterocycles. The van der Waals surface area contributed by atoms with Gasteiger partial charge in [-0.15, -0.1) is 0 Å². The molecule has 1 N–H and O–H groups in total. The Morgan fingerprint density at radius 1 is 1.00 bits per heavy atom. The third kappa shape index (κ3) is 3.57. The van der Waals surface area contributed by atoms with Crippen LogP contribution in [0.1, 0.15) is 67.3 Å². The number of rotatable bonds is 3. The molecule has 156 valence electrons. The minimum absolute atomic E-state index is 0.0000454. The highest BCUT2D eigenvalue weighted by Gasteiger charge is 2.48. The average Bonchev–Trinajstić information content (AvgIpc) is 3.37. The fraction of sp³-hybridized carbons (Fsp3) is 0.652. The molecule has 2 saturated carbocycles. The van der Waals surface area contributed by atoms with E-state index in [4.69, 9.17) is 4.74 Å². The second-order valence-corrected chi connectivity index (χ2v) is 9.14. The number of piperazine rings is 1. The summed E-state index contributed by atoms with van der Waals surface area (Å²) in [6, 6.07) is 8.46. The van der Waals surface area contributed by atoms with Crippen molar-refractivity contribution < 1.29 is 14.3 Å². The Labute approximate surface area is 172 Å². The van der Waals surface area contributed by atoms with Crippen LogP contribution in [0.3, 0.4) is 0 Å². The molecule has 0 bridgehead atoms. The summed E-state index contributed by atoms with van der Waals surface area (Å²) < 4.78 is 5.81. The third-order valence-corrected chi connectivity index (χ3v) is 7.51. The van der Waals surface area contributed by atoms with Crippen LogP contribution in [0.25, 0.3) is 0 Å². The van der Waals surface area contributed by atoms with E-state index in [0.717, 1.165) is 63.5 Å². The normalized spacial score (nSPS) is 31.0. The summed E-state index contributed by atoms with van der Waals surface area (Å²) in [5.74, 6) is -0.0876. The van der Waals surface area contributed by atoms with Gasteiger partial charge in [0.1, 0.15) is 5.60 Å². The Morgan fingerprint density at radius 2 is 1.69 bits per heavy atom. The van der Waals surface area contributed by atoms with Gasteiger partial charge in [-0.3, -0.25) is 15.1 Å². The number of nitrogens with one attached hydrogen (secondary N) is 1. The molecular weight excluding hydrogens is 366 g/mol. The van der Waals surface area contributed by atoms with Gasteiger partial charge in [-0.1, -0.05) is 31.0 Å². The summed E-state index contributed by atoms with van der Waals surface area (Å²) in [6.45, 7) is 3.91. The number of amides is 1. The largest absolute Gasteiger partial charge is 0.451 e. The van der Waals surface area contributed by atoms with Crippen molar-refractivity contribution in [3.63, 3.8) is 0 Å². The molecule has 0 atom stereocenters. The lowest BCUT2D eigenvalue weighted by atomic mass is 9.75. The maximum Gasteiger partial charge on any atom is 0.339 e. The van der Waals surface area contributed by atoms with Gasteiger partial charge >= 0.3 is 5.97 Å². The van der Waals surface area contributed by atoms with Crippen molar-refractivity contribution in [3.8, 4) is 0 Å². The van der Waals surface area contributed by atoms with Gasteiger partial charge in [0, 0.05) is 43.7 Å². The zero-order valence-corrected chi connectivity index (χ0v) is 17.1. The van der Waals surface area contributed by atoms with Gasteiger partial charge in [0.05, 0.1) is 5.56 Å². The molecule has 0 unspecified atom stereocenters. The SMILES string of the molecule is O=C1O[C@]2(CC[C@H](C(=O)NN3CCN(C4CCCC4)CC3)CC2)c2ccccc21. The van der Waals surface area contributed by atoms with Gasteiger partial charge in [0.15, 0.2) is 0 Å². The number of hydrogen-bond acceptors (Lipinski definition) is 5. The summed E-state index contributed by atoms with van der Waals surface area (Å²) in [7, 11) is 0. The van der Waals surface area contributed by atoms with E-state index in [0.29, 0.717) is 5.56 Å². The number of carbonyl (C=O) groups excluding carboxylic acids is 2. The van der Waals surface area contributed by atoms with E-state index in [2.05, 4.69) is 15.3 Å². The average molecular weight is 398 g/mol. The molecule has 1 aromatic rings. The Hall–Kier alpha value is -1.92. The second-order valence-electron chi connectivity index (χ2n) is 9.14. The minimum atomic E-state index is -0.517. The molecule has 0 aromatic heterocycles. The Balaban J connectivity index is 1.13. The predicted molar refractivity (Wildman–Crippen MR) is 109 cm³/mol. The predicted octanol–water partition coefficient (Wildman–Crippen LogP) is 2.83. The topological polar surface area (TPSA) is 61.9 Å². The molecule has 4 aliphatic rings. The van der Waals surface area contributed by atoms with E-state index in [1.54, 1.807) is 0 Å². The number of carbonyl (C=O) groups is 2. The summed E-state index contributed by atoms with van der Waals surface area (Å²) in [4.78, 5) is 27.7. The first-order valence-corrected chi connectivity index (χ1v) is 11.3. The maximum atomic E-state index is 12.8. The molecule has 29 heavy (non-hydrogen) atoms. The van der Waals surface area contributed by atoms with E-state index in [9.17, 15) is 9.59 Å². The molecule has 2 aliphatic heterocycles. The van der Waals surface area contributed by atoms with Crippen LogP contribution in [0.2, 0.25) is 0 Å². The highest BCUT2D eigenvalue weighted by molar-refractivity contribution is 5.94. The Bertz CT molecular complexity index is 773. The summed E-state index contributed by atoms with van der Waals surface area (Å²) in [5, 5.41) is 2.10. The first kappa shape index (κ1) is 19.1. The van der Waals surface area contributed by atoms with Gasteiger partial charge in [-0.2, -0.15) is 0 Å². The van der Waals surface area contributed by atoms with E-state index in [1.165, 1.54) is 25.7 Å². The van der Waals surface area contributed by atoms with E-state index < -0.39 is 5.60 Å². The smallest absolute Gasteiger partial charge is 0.339 e. The molecule has 0 radical (unpaired) electrons. The van der Waals surface area contributed by atoms with Gasteiger partial charge in [-0.25, -0.2) is 9.80 Å². The minimum Gasteiger partial charge on any atom is -0.451 e. The van der Waals surface area contributed by atoms with Crippen LogP contribution in [-0.2, 0) is 15.1 Å². The molecule has 1 aromatic carbocycles. The van der Waals surface area contributed by atoms with Crippen LogP contribution in [0.4, 0.5) is 0 Å². The highest BCUT2D eigenvalue weighted by Crippen LogP contribution is 2.48. The van der Waals surface area contributed by atoms with Gasteiger partial charge < -0.3 is 4.74 Å². The molecule has 6 nitrogen and oxygen atoms in total. The van der Waals surface area contributed by atoms with Crippen LogP contribution >= 0.6 is 0 Å². The number of hydrazine groups is 1. The van der Waals surface area contributed by atoms with Crippen LogP contribution in [0, 0.1) is 5.92 Å². The quantitative estimate of drug-likeness (QED) is 0.795. The summed E-state index contributed by atoms with van der Waals surface area (Å²) in [5.41, 5.74) is 4.35. The standard InChI is InChI=1S/C23H31N3O3/c27-21(24-26-15-13-25(14-16-26)18-5-1-2-6-18)17-9-11-23(12-10-17)20-8-4-3-7-19(20)22(28)29-23/h3-4,7-8,17-18H,1-2,5-6,9-16H2,(H,24,27)/t17-,23-. The highest BCUT2D eigenvalue weighted by atomic mass is 16.6. The first-order valence-electron chi connectivity index (χ1n) is 11.3. The number of ether oxygens (including phenoxy) is 1. The number of esters is 1. The van der Waals surface area contributed by atoms with Crippen molar-refractivity contribution in [2.45, 2.75) is 63.0 Å². The third-order valence-electron chi connectivity index (χ3n) is 7.51. The molecule has 6 heteroatoms. The van der Waals surface area contributed by atoms with Crippen LogP contribution in [-0.4, -0.2) is 54.0 Å². The molecule has 2 aliphatic carbocycles. The van der Waals surface area contributed by atoms with Crippen molar-refractivity contribution in [1.82, 2.24) is 15.3 Å². The van der Waals surface area contributed by atoms with E-state index in [-0.39, 0.29) is 17.8 Å². The molecule has 3 fully saturated rings. The van der Waals surface area contributed by atoms with Gasteiger partial charge in [0.25, 0.3) is 0 Å². The van der Waals surface area contributed by atoms with Crippen LogP contribution in [0.15, 0.2) is 24.3 Å². The lowest BCUT2D eigenvalue weighted by molar-refractivity contribution is -0.134. The number of benzene rings is 1. The van der Waals surface area contributed by atoms with Crippen molar-refractivity contribution >= 4 is 11.9 Å². The molecule has 1 saturated heterocycles. The molecule has 1 spiro atoms. The second kappa shape index (κ2) is 7.73. The molecule has 5 rings (SSSR count). The van der Waals surface area contributed by atoms with E-state index >= 15 is 0 Å². The fourth-order valence-electron chi connectivity index (χ4n) is 5.78. The van der Waals surface area contributed by atoms with E-state index in [1.807, 2.05) is 24.3 Å². The van der Waals surface area contributed by atoms with Crippen molar-refractivity contribution in [2.24, 2.45) is 5.92 Å². The zero-order valence-electron chi connectivity index (χ0n) is 17.1. The van der Waals surface area contributed by atoms with Crippen LogP contribution in [0.5, 0.6) is 0 Å². The maximum absolute atomic E-state index is 12.8. The fourth-order valence-corrected chi connectivity index (χ4v) is 5.78. The van der Waals surface area contributed by atoms with Gasteiger partial charge in [-0.05, 0) is 44.6 Å². The van der Waals surface area contributed by atoms with Gasteiger partial charge in [0.2, 0.25) is 5.91 Å². The number of nitrogens with zero attached hydrogens (tertiary/aromatic N) is 2. The summed E-state index contributed by atoms with van der Waals surface area (Å²) in [6.07, 6.45) is 8.38. The van der Waals surface area contributed by atoms with Crippen molar-refractivity contribution in [1.29, 1.82) is 0 Å². The van der Waals surface area contributed by atoms with Crippen LogP contribution < -0.4 is 5.43 Å². The number of hydrogen-bond donors (Lipinski definition) is 1. The Morgan fingerprint density at radius 3 is 2.41 bits per heavy atom.